The SMILES string of the molecule is CC(Oc1cccc2c1CCCC2)C(=O)NC1CC(C)(C)Oc2ccccc21. The van der Waals surface area contributed by atoms with Crippen LogP contribution in [0.4, 0.5) is 0 Å². The van der Waals surface area contributed by atoms with Crippen molar-refractivity contribution in [2.24, 2.45) is 0 Å². The van der Waals surface area contributed by atoms with Crippen molar-refractivity contribution in [1.29, 1.82) is 0 Å². The Labute approximate surface area is 167 Å². The van der Waals surface area contributed by atoms with E-state index in [1.807, 2.05) is 43.3 Å². The predicted octanol–water partition coefficient (Wildman–Crippen LogP) is 4.75. The third kappa shape index (κ3) is 3.87. The summed E-state index contributed by atoms with van der Waals surface area (Å²) in [6, 6.07) is 14.0. The van der Waals surface area contributed by atoms with Crippen LogP contribution in [0.15, 0.2) is 42.5 Å². The number of fused-ring (bicyclic) bond motifs is 2. The lowest BCUT2D eigenvalue weighted by Crippen LogP contribution is -2.44. The molecule has 148 valence electrons. The second-order valence-electron chi connectivity index (χ2n) is 8.53. The van der Waals surface area contributed by atoms with Crippen molar-refractivity contribution in [3.63, 3.8) is 0 Å². The molecule has 0 fully saturated rings. The van der Waals surface area contributed by atoms with Crippen LogP contribution in [0, 0.1) is 0 Å². The number of carbonyl (C=O) groups is 1. The number of ether oxygens (including phenoxy) is 2. The molecule has 4 heteroatoms. The average molecular weight is 380 g/mol. The van der Waals surface area contributed by atoms with Gasteiger partial charge in [0.05, 0.1) is 6.04 Å². The van der Waals surface area contributed by atoms with Gasteiger partial charge in [-0.1, -0.05) is 30.3 Å². The molecule has 0 bridgehead atoms. The zero-order chi connectivity index (χ0) is 19.7. The largest absolute Gasteiger partial charge is 0.487 e. The van der Waals surface area contributed by atoms with Crippen LogP contribution < -0.4 is 14.8 Å². The van der Waals surface area contributed by atoms with Gasteiger partial charge in [-0.2, -0.15) is 0 Å². The summed E-state index contributed by atoms with van der Waals surface area (Å²) in [5, 5.41) is 3.19. The van der Waals surface area contributed by atoms with Gasteiger partial charge in [0.2, 0.25) is 0 Å². The molecule has 0 spiro atoms. The van der Waals surface area contributed by atoms with Crippen molar-refractivity contribution in [2.45, 2.75) is 70.6 Å². The van der Waals surface area contributed by atoms with Crippen molar-refractivity contribution in [3.05, 3.63) is 59.2 Å². The predicted molar refractivity (Wildman–Crippen MR) is 110 cm³/mol. The Morgan fingerprint density at radius 2 is 1.93 bits per heavy atom. The second kappa shape index (κ2) is 7.50. The number of aryl methyl sites for hydroxylation is 1. The number of nitrogens with one attached hydrogen (secondary N) is 1. The van der Waals surface area contributed by atoms with E-state index < -0.39 is 6.10 Å². The number of benzene rings is 2. The maximum absolute atomic E-state index is 12.9. The first-order valence-corrected chi connectivity index (χ1v) is 10.3. The molecule has 4 nitrogen and oxygen atoms in total. The molecule has 0 saturated heterocycles. The molecule has 1 N–H and O–H groups in total. The van der Waals surface area contributed by atoms with E-state index in [1.54, 1.807) is 0 Å². The van der Waals surface area contributed by atoms with E-state index in [9.17, 15) is 4.79 Å². The molecule has 1 heterocycles. The smallest absolute Gasteiger partial charge is 0.261 e. The van der Waals surface area contributed by atoms with Gasteiger partial charge in [-0.3, -0.25) is 4.79 Å². The molecule has 0 radical (unpaired) electrons. The lowest BCUT2D eigenvalue weighted by atomic mass is 9.89. The summed E-state index contributed by atoms with van der Waals surface area (Å²) in [6.07, 6.45) is 4.71. The molecule has 2 unspecified atom stereocenters. The molecule has 2 aromatic rings. The highest BCUT2D eigenvalue weighted by Crippen LogP contribution is 2.39. The first kappa shape index (κ1) is 18.9. The second-order valence-corrected chi connectivity index (χ2v) is 8.53. The molecule has 28 heavy (non-hydrogen) atoms. The highest BCUT2D eigenvalue weighted by atomic mass is 16.5. The van der Waals surface area contributed by atoms with Crippen LogP contribution in [0.3, 0.4) is 0 Å². The van der Waals surface area contributed by atoms with E-state index >= 15 is 0 Å². The lowest BCUT2D eigenvalue weighted by Gasteiger charge is -2.38. The summed E-state index contributed by atoms with van der Waals surface area (Å²) in [5.74, 6) is 1.60. The monoisotopic (exact) mass is 379 g/mol. The van der Waals surface area contributed by atoms with Crippen LogP contribution in [0.2, 0.25) is 0 Å². The number of hydrogen-bond donors (Lipinski definition) is 1. The van der Waals surface area contributed by atoms with Crippen LogP contribution >= 0.6 is 0 Å². The third-order valence-electron chi connectivity index (χ3n) is 5.72. The first-order valence-electron chi connectivity index (χ1n) is 10.3. The van der Waals surface area contributed by atoms with Gasteiger partial charge in [0, 0.05) is 12.0 Å². The van der Waals surface area contributed by atoms with Gasteiger partial charge >= 0.3 is 0 Å². The van der Waals surface area contributed by atoms with E-state index in [4.69, 9.17) is 9.47 Å². The summed E-state index contributed by atoms with van der Waals surface area (Å²) in [5.41, 5.74) is 3.33. The number of carbonyl (C=O) groups excluding carboxylic acids is 1. The summed E-state index contributed by atoms with van der Waals surface area (Å²) >= 11 is 0. The van der Waals surface area contributed by atoms with Gasteiger partial charge < -0.3 is 14.8 Å². The van der Waals surface area contributed by atoms with E-state index in [0.717, 1.165) is 36.3 Å². The minimum absolute atomic E-state index is 0.0804. The summed E-state index contributed by atoms with van der Waals surface area (Å²) in [4.78, 5) is 12.9. The van der Waals surface area contributed by atoms with Crippen LogP contribution in [-0.4, -0.2) is 17.6 Å². The molecular weight excluding hydrogens is 350 g/mol. The van der Waals surface area contributed by atoms with E-state index in [1.165, 1.54) is 24.0 Å². The standard InChI is InChI=1S/C24H29NO3/c1-16(27-21-14-8-10-17-9-4-5-11-18(17)21)23(26)25-20-15-24(2,3)28-22-13-7-6-12-19(20)22/h6-8,10,12-14,16,20H,4-5,9,11,15H2,1-3H3,(H,25,26). The van der Waals surface area contributed by atoms with Crippen LogP contribution in [0.5, 0.6) is 11.5 Å². The summed E-state index contributed by atoms with van der Waals surface area (Å²) in [6.45, 7) is 5.94. The number of para-hydroxylation sites is 1. The van der Waals surface area contributed by atoms with Gasteiger partial charge in [-0.25, -0.2) is 0 Å². The van der Waals surface area contributed by atoms with Gasteiger partial charge in [0.25, 0.3) is 5.91 Å². The lowest BCUT2D eigenvalue weighted by molar-refractivity contribution is -0.128. The highest BCUT2D eigenvalue weighted by Gasteiger charge is 2.35. The third-order valence-corrected chi connectivity index (χ3v) is 5.72. The molecule has 1 aliphatic carbocycles. The fourth-order valence-corrected chi connectivity index (χ4v) is 4.32. The fourth-order valence-electron chi connectivity index (χ4n) is 4.32. The van der Waals surface area contributed by atoms with Crippen molar-refractivity contribution in [1.82, 2.24) is 5.32 Å². The zero-order valence-electron chi connectivity index (χ0n) is 17.0. The molecule has 0 saturated carbocycles. The van der Waals surface area contributed by atoms with Crippen molar-refractivity contribution in [3.8, 4) is 11.5 Å². The van der Waals surface area contributed by atoms with Gasteiger partial charge in [0.15, 0.2) is 6.10 Å². The topological polar surface area (TPSA) is 47.6 Å². The molecule has 0 aromatic heterocycles. The molecule has 1 aliphatic heterocycles. The maximum Gasteiger partial charge on any atom is 0.261 e. The van der Waals surface area contributed by atoms with Crippen LogP contribution in [-0.2, 0) is 17.6 Å². The quantitative estimate of drug-likeness (QED) is 0.834. The zero-order valence-corrected chi connectivity index (χ0v) is 17.0. The van der Waals surface area contributed by atoms with E-state index in [2.05, 4.69) is 25.2 Å². The van der Waals surface area contributed by atoms with Crippen LogP contribution in [0.25, 0.3) is 0 Å². The fraction of sp³-hybridized carbons (Fsp3) is 0.458. The molecular formula is C24H29NO3. The van der Waals surface area contributed by atoms with Gasteiger partial charge in [-0.05, 0) is 69.7 Å². The Morgan fingerprint density at radius 1 is 1.14 bits per heavy atom. The molecule has 2 aromatic carbocycles. The molecule has 2 atom stereocenters. The van der Waals surface area contributed by atoms with E-state index in [0.29, 0.717) is 0 Å². The number of amides is 1. The maximum atomic E-state index is 12.9. The Kier molecular flexibility index (Phi) is 5.05. The summed E-state index contributed by atoms with van der Waals surface area (Å²) in [7, 11) is 0. The van der Waals surface area contributed by atoms with Crippen molar-refractivity contribution < 1.29 is 14.3 Å². The highest BCUT2D eigenvalue weighted by molar-refractivity contribution is 5.81. The molecule has 4 rings (SSSR count). The minimum atomic E-state index is -0.549. The summed E-state index contributed by atoms with van der Waals surface area (Å²) < 4.78 is 12.2. The van der Waals surface area contributed by atoms with Crippen molar-refractivity contribution >= 4 is 5.91 Å². The Bertz CT molecular complexity index is 874. The van der Waals surface area contributed by atoms with Crippen LogP contribution in [0.1, 0.15) is 62.8 Å². The average Bonchev–Trinajstić information content (AvgIpc) is 2.67. The Hall–Kier alpha value is -2.49. The van der Waals surface area contributed by atoms with E-state index in [-0.39, 0.29) is 17.6 Å². The minimum Gasteiger partial charge on any atom is -0.487 e. The van der Waals surface area contributed by atoms with Crippen molar-refractivity contribution in [2.75, 3.05) is 0 Å². The molecule has 1 amide bonds. The number of hydrogen-bond acceptors (Lipinski definition) is 3. The Balaban J connectivity index is 1.48. The Morgan fingerprint density at radius 3 is 2.79 bits per heavy atom. The van der Waals surface area contributed by atoms with Gasteiger partial charge in [0.1, 0.15) is 17.1 Å². The molecule has 2 aliphatic rings. The van der Waals surface area contributed by atoms with Gasteiger partial charge in [-0.15, -0.1) is 0 Å². The number of rotatable bonds is 4. The normalized spacial score (nSPS) is 20.9. The first-order chi connectivity index (χ1) is 13.4.